The van der Waals surface area contributed by atoms with Crippen LogP contribution in [0.25, 0.3) is 0 Å². The molecule has 1 aliphatic rings. The van der Waals surface area contributed by atoms with Gasteiger partial charge >= 0.3 is 0 Å². The highest BCUT2D eigenvalue weighted by Crippen LogP contribution is 2.24. The summed E-state index contributed by atoms with van der Waals surface area (Å²) in [5.74, 6) is -0.105. The van der Waals surface area contributed by atoms with Gasteiger partial charge < -0.3 is 15.1 Å². The number of hydrogen-bond donors (Lipinski definition) is 1. The van der Waals surface area contributed by atoms with Crippen molar-refractivity contribution in [2.45, 2.75) is 18.9 Å². The fourth-order valence-corrected chi connectivity index (χ4v) is 2.31. The number of carbonyl (C=O) groups is 2. The Labute approximate surface area is 119 Å². The van der Waals surface area contributed by atoms with E-state index in [1.54, 1.807) is 21.1 Å². The van der Waals surface area contributed by atoms with Gasteiger partial charge in [-0.05, 0) is 24.5 Å². The van der Waals surface area contributed by atoms with Gasteiger partial charge in [-0.1, -0.05) is 18.2 Å². The van der Waals surface area contributed by atoms with E-state index in [4.69, 9.17) is 0 Å². The Morgan fingerprint density at radius 3 is 2.65 bits per heavy atom. The normalized spacial score (nSPS) is 16.9. The summed E-state index contributed by atoms with van der Waals surface area (Å²) in [5, 5.41) is 3.26. The van der Waals surface area contributed by atoms with Gasteiger partial charge in [0, 0.05) is 26.8 Å². The topological polar surface area (TPSA) is 52.7 Å². The van der Waals surface area contributed by atoms with Crippen LogP contribution in [0, 0.1) is 0 Å². The fourth-order valence-electron chi connectivity index (χ4n) is 2.31. The summed E-state index contributed by atoms with van der Waals surface area (Å²) < 4.78 is 0. The Kier molecular flexibility index (Phi) is 4.27. The molecule has 0 bridgehead atoms. The van der Waals surface area contributed by atoms with Crippen LogP contribution in [0.5, 0.6) is 0 Å². The number of benzene rings is 1. The van der Waals surface area contributed by atoms with Crippen molar-refractivity contribution in [3.63, 3.8) is 0 Å². The number of nitrogens with one attached hydrogen (secondary N) is 1. The van der Waals surface area contributed by atoms with Crippen molar-refractivity contribution in [3.05, 3.63) is 29.8 Å². The quantitative estimate of drug-likeness (QED) is 0.894. The minimum atomic E-state index is -0.245. The van der Waals surface area contributed by atoms with Crippen molar-refractivity contribution < 1.29 is 9.59 Å². The van der Waals surface area contributed by atoms with Crippen LogP contribution in [-0.4, -0.2) is 55.3 Å². The third kappa shape index (κ3) is 3.10. The Balaban J connectivity index is 1.99. The Morgan fingerprint density at radius 1 is 1.25 bits per heavy atom. The van der Waals surface area contributed by atoms with E-state index in [0.29, 0.717) is 0 Å². The van der Waals surface area contributed by atoms with Crippen molar-refractivity contribution in [1.29, 1.82) is 0 Å². The maximum atomic E-state index is 12.4. The molecule has 1 heterocycles. The summed E-state index contributed by atoms with van der Waals surface area (Å²) in [6, 6.07) is 7.77. The first-order valence-electron chi connectivity index (χ1n) is 6.78. The highest BCUT2D eigenvalue weighted by molar-refractivity contribution is 5.89. The molecular formula is C15H21N3O2. The molecule has 1 N–H and O–H groups in total. The fraction of sp³-hybridized carbons (Fsp3) is 0.467. The zero-order chi connectivity index (χ0) is 14.7. The molecule has 5 heteroatoms. The maximum absolute atomic E-state index is 12.4. The second kappa shape index (κ2) is 5.94. The average molecular weight is 275 g/mol. The maximum Gasteiger partial charge on any atom is 0.245 e. The highest BCUT2D eigenvalue weighted by Gasteiger charge is 2.27. The van der Waals surface area contributed by atoms with E-state index in [-0.39, 0.29) is 24.4 Å². The van der Waals surface area contributed by atoms with Gasteiger partial charge in [-0.2, -0.15) is 0 Å². The van der Waals surface area contributed by atoms with Crippen molar-refractivity contribution in [1.82, 2.24) is 9.80 Å². The SMILES string of the molecule is CN(C)C(=O)CN(C)C(=O)C1CCc2ccccc2N1. The molecule has 0 saturated carbocycles. The van der Waals surface area contributed by atoms with Crippen LogP contribution in [0.2, 0.25) is 0 Å². The third-order valence-corrected chi connectivity index (χ3v) is 3.60. The van der Waals surface area contributed by atoms with Gasteiger partial charge in [-0.3, -0.25) is 9.59 Å². The Hall–Kier alpha value is -2.04. The molecule has 1 unspecified atom stereocenters. The second-order valence-electron chi connectivity index (χ2n) is 5.38. The summed E-state index contributed by atoms with van der Waals surface area (Å²) in [5.41, 5.74) is 2.26. The monoisotopic (exact) mass is 275 g/mol. The first-order chi connectivity index (χ1) is 9.49. The molecule has 2 rings (SSSR count). The molecule has 1 aliphatic heterocycles. The van der Waals surface area contributed by atoms with Gasteiger partial charge in [0.05, 0.1) is 6.54 Å². The smallest absolute Gasteiger partial charge is 0.245 e. The number of hydrogen-bond acceptors (Lipinski definition) is 3. The van der Waals surface area contributed by atoms with E-state index in [2.05, 4.69) is 11.4 Å². The summed E-state index contributed by atoms with van der Waals surface area (Å²) in [6.07, 6.45) is 1.64. The number of amides is 2. The van der Waals surface area contributed by atoms with Crippen LogP contribution < -0.4 is 5.32 Å². The molecule has 0 fully saturated rings. The molecular weight excluding hydrogens is 254 g/mol. The minimum absolute atomic E-state index is 0.0327. The van der Waals surface area contributed by atoms with Gasteiger partial charge in [-0.15, -0.1) is 0 Å². The van der Waals surface area contributed by atoms with Gasteiger partial charge in [0.25, 0.3) is 0 Å². The zero-order valence-electron chi connectivity index (χ0n) is 12.2. The number of rotatable bonds is 3. The lowest BCUT2D eigenvalue weighted by Crippen LogP contribution is -2.46. The molecule has 0 aliphatic carbocycles. The van der Waals surface area contributed by atoms with E-state index in [1.807, 2.05) is 18.2 Å². The largest absolute Gasteiger partial charge is 0.373 e. The van der Waals surface area contributed by atoms with E-state index in [9.17, 15) is 9.59 Å². The predicted octanol–water partition coefficient (Wildman–Crippen LogP) is 0.960. The zero-order valence-corrected chi connectivity index (χ0v) is 12.2. The van der Waals surface area contributed by atoms with E-state index in [0.717, 1.165) is 18.5 Å². The lowest BCUT2D eigenvalue weighted by molar-refractivity contribution is -0.138. The van der Waals surface area contributed by atoms with E-state index < -0.39 is 0 Å². The van der Waals surface area contributed by atoms with Crippen LogP contribution in [0.3, 0.4) is 0 Å². The first-order valence-corrected chi connectivity index (χ1v) is 6.78. The van der Waals surface area contributed by atoms with Crippen molar-refractivity contribution in [3.8, 4) is 0 Å². The molecule has 0 aromatic heterocycles. The molecule has 1 aromatic rings. The van der Waals surface area contributed by atoms with Crippen LogP contribution in [0.15, 0.2) is 24.3 Å². The van der Waals surface area contributed by atoms with Crippen molar-refractivity contribution in [2.75, 3.05) is 33.0 Å². The van der Waals surface area contributed by atoms with Crippen LogP contribution in [-0.2, 0) is 16.0 Å². The third-order valence-electron chi connectivity index (χ3n) is 3.60. The standard InChI is InChI=1S/C15H21N3O2/c1-17(2)14(19)10-18(3)15(20)13-9-8-11-6-4-5-7-12(11)16-13/h4-7,13,16H,8-10H2,1-3H3. The van der Waals surface area contributed by atoms with Gasteiger partial charge in [-0.25, -0.2) is 0 Å². The molecule has 108 valence electrons. The second-order valence-corrected chi connectivity index (χ2v) is 5.38. The van der Waals surface area contributed by atoms with Crippen molar-refractivity contribution in [2.24, 2.45) is 0 Å². The summed E-state index contributed by atoms with van der Waals surface area (Å²) >= 11 is 0. The average Bonchev–Trinajstić information content (AvgIpc) is 2.45. The molecule has 0 saturated heterocycles. The number of likely N-dealkylation sites (N-methyl/N-ethyl adjacent to an activating group) is 2. The predicted molar refractivity (Wildman–Crippen MR) is 78.5 cm³/mol. The van der Waals surface area contributed by atoms with Crippen LogP contribution in [0.4, 0.5) is 5.69 Å². The first kappa shape index (κ1) is 14.4. The minimum Gasteiger partial charge on any atom is -0.373 e. The van der Waals surface area contributed by atoms with Gasteiger partial charge in [0.15, 0.2) is 0 Å². The number of carbonyl (C=O) groups excluding carboxylic acids is 2. The molecule has 1 aromatic carbocycles. The molecule has 0 radical (unpaired) electrons. The summed E-state index contributed by atoms with van der Waals surface area (Å²) in [4.78, 5) is 27.0. The molecule has 2 amide bonds. The molecule has 1 atom stereocenters. The van der Waals surface area contributed by atoms with E-state index in [1.165, 1.54) is 15.4 Å². The summed E-state index contributed by atoms with van der Waals surface area (Å²) in [6.45, 7) is 0.117. The Morgan fingerprint density at radius 2 is 1.95 bits per heavy atom. The Bertz CT molecular complexity index is 514. The number of fused-ring (bicyclic) bond motifs is 1. The molecule has 20 heavy (non-hydrogen) atoms. The van der Waals surface area contributed by atoms with Crippen LogP contribution in [0.1, 0.15) is 12.0 Å². The number of nitrogens with zero attached hydrogens (tertiary/aromatic N) is 2. The van der Waals surface area contributed by atoms with Gasteiger partial charge in [0.2, 0.25) is 11.8 Å². The van der Waals surface area contributed by atoms with Crippen molar-refractivity contribution >= 4 is 17.5 Å². The summed E-state index contributed by atoms with van der Waals surface area (Å²) in [7, 11) is 5.05. The number of aryl methyl sites for hydroxylation is 1. The number of para-hydroxylation sites is 1. The van der Waals surface area contributed by atoms with Crippen LogP contribution >= 0.6 is 0 Å². The van der Waals surface area contributed by atoms with E-state index >= 15 is 0 Å². The molecule has 0 spiro atoms. The number of anilines is 1. The lowest BCUT2D eigenvalue weighted by atomic mass is 9.97. The lowest BCUT2D eigenvalue weighted by Gasteiger charge is -2.29. The highest BCUT2D eigenvalue weighted by atomic mass is 16.2. The van der Waals surface area contributed by atoms with Gasteiger partial charge in [0.1, 0.15) is 6.04 Å². The molecule has 5 nitrogen and oxygen atoms in total.